The van der Waals surface area contributed by atoms with Crippen molar-refractivity contribution in [1.29, 1.82) is 5.26 Å². The average Bonchev–Trinajstić information content (AvgIpc) is 2.90. The highest BCUT2D eigenvalue weighted by Gasteiger charge is 2.47. The summed E-state index contributed by atoms with van der Waals surface area (Å²) in [6.07, 6.45) is -4.77. The molecule has 0 bridgehead atoms. The molecule has 0 atom stereocenters. The van der Waals surface area contributed by atoms with Crippen LogP contribution in [0.4, 0.5) is 28.9 Å². The number of rotatable bonds is 3. The Morgan fingerprint density at radius 3 is 2.33 bits per heavy atom. The fourth-order valence-corrected chi connectivity index (χ4v) is 3.34. The van der Waals surface area contributed by atoms with Gasteiger partial charge < -0.3 is 10.6 Å². The first-order valence-electron chi connectivity index (χ1n) is 8.68. The topological polar surface area (TPSA) is 90.4 Å². The number of carbonyl (C=O) groups is 2. The standard InChI is InChI=1S/C20H16F4N4O2/c1-19(2)18(30)27(12-4-3-11(9-25)15(7-12)20(22,23)24)10-28(19)13-5-6-14(17(26)29)16(21)8-13/h3-8H,10H2,1-2H3,(H2,26,29). The second-order valence-electron chi connectivity index (χ2n) is 7.23. The molecule has 156 valence electrons. The predicted molar refractivity (Wildman–Crippen MR) is 100.0 cm³/mol. The van der Waals surface area contributed by atoms with Gasteiger partial charge in [0.1, 0.15) is 11.4 Å². The van der Waals surface area contributed by atoms with E-state index in [1.807, 2.05) is 0 Å². The number of amides is 2. The fraction of sp³-hybridized carbons (Fsp3) is 0.250. The second-order valence-corrected chi connectivity index (χ2v) is 7.23. The maximum absolute atomic E-state index is 14.2. The number of halogens is 4. The van der Waals surface area contributed by atoms with E-state index in [9.17, 15) is 27.2 Å². The van der Waals surface area contributed by atoms with Crippen LogP contribution in [0.15, 0.2) is 36.4 Å². The summed E-state index contributed by atoms with van der Waals surface area (Å²) in [6.45, 7) is 2.93. The Morgan fingerprint density at radius 1 is 1.17 bits per heavy atom. The van der Waals surface area contributed by atoms with Gasteiger partial charge in [0, 0.05) is 11.4 Å². The number of benzene rings is 2. The molecule has 0 unspecified atom stereocenters. The number of alkyl halides is 3. The Hall–Kier alpha value is -3.61. The summed E-state index contributed by atoms with van der Waals surface area (Å²) in [4.78, 5) is 26.8. The number of nitriles is 1. The zero-order chi connectivity index (χ0) is 22.4. The van der Waals surface area contributed by atoms with Crippen molar-refractivity contribution in [2.45, 2.75) is 25.6 Å². The smallest absolute Gasteiger partial charge is 0.366 e. The van der Waals surface area contributed by atoms with Gasteiger partial charge in [0.15, 0.2) is 0 Å². The average molecular weight is 420 g/mol. The summed E-state index contributed by atoms with van der Waals surface area (Å²) in [7, 11) is 0. The third-order valence-corrected chi connectivity index (χ3v) is 5.00. The molecule has 0 radical (unpaired) electrons. The van der Waals surface area contributed by atoms with Crippen LogP contribution in [0.3, 0.4) is 0 Å². The second kappa shape index (κ2) is 7.02. The van der Waals surface area contributed by atoms with E-state index >= 15 is 0 Å². The Kier molecular flexibility index (Phi) is 4.94. The molecule has 1 saturated heterocycles. The summed E-state index contributed by atoms with van der Waals surface area (Å²) in [5.41, 5.74) is 2.06. The Morgan fingerprint density at radius 2 is 1.80 bits per heavy atom. The molecule has 1 aliphatic heterocycles. The van der Waals surface area contributed by atoms with E-state index in [4.69, 9.17) is 11.0 Å². The Labute approximate surface area is 169 Å². The molecule has 2 aromatic rings. The van der Waals surface area contributed by atoms with Gasteiger partial charge in [-0.1, -0.05) is 0 Å². The lowest BCUT2D eigenvalue weighted by atomic mass is 10.0. The lowest BCUT2D eigenvalue weighted by molar-refractivity contribution is -0.137. The molecule has 2 N–H and O–H groups in total. The molecule has 3 rings (SSSR count). The van der Waals surface area contributed by atoms with Gasteiger partial charge in [0.2, 0.25) is 0 Å². The van der Waals surface area contributed by atoms with Crippen molar-refractivity contribution in [3.8, 4) is 6.07 Å². The summed E-state index contributed by atoms with van der Waals surface area (Å²) in [6, 6.07) is 8.11. The number of primary amides is 1. The van der Waals surface area contributed by atoms with Crippen LogP contribution in [-0.4, -0.2) is 24.0 Å². The fourth-order valence-electron chi connectivity index (χ4n) is 3.34. The molecule has 2 amide bonds. The van der Waals surface area contributed by atoms with Gasteiger partial charge in [-0.15, -0.1) is 0 Å². The molecular formula is C20H16F4N4O2. The Bertz CT molecular complexity index is 1090. The molecular weight excluding hydrogens is 404 g/mol. The quantitative estimate of drug-likeness (QED) is 0.771. The lowest BCUT2D eigenvalue weighted by Gasteiger charge is -2.30. The first-order valence-corrected chi connectivity index (χ1v) is 8.68. The van der Waals surface area contributed by atoms with Gasteiger partial charge in [-0.2, -0.15) is 18.4 Å². The first-order chi connectivity index (χ1) is 13.9. The molecule has 0 spiro atoms. The summed E-state index contributed by atoms with van der Waals surface area (Å²) < 4.78 is 54.1. The highest BCUT2D eigenvalue weighted by molar-refractivity contribution is 6.05. The monoisotopic (exact) mass is 420 g/mol. The third kappa shape index (κ3) is 3.43. The van der Waals surface area contributed by atoms with E-state index < -0.39 is 40.5 Å². The molecule has 0 saturated carbocycles. The zero-order valence-corrected chi connectivity index (χ0v) is 15.9. The number of hydrogen-bond acceptors (Lipinski definition) is 4. The SMILES string of the molecule is CC1(C)C(=O)N(c2ccc(C#N)c(C(F)(F)F)c2)CN1c1ccc(C(N)=O)c(F)c1. The van der Waals surface area contributed by atoms with E-state index in [0.29, 0.717) is 0 Å². The van der Waals surface area contributed by atoms with Gasteiger partial charge in [-0.05, 0) is 50.2 Å². The third-order valence-electron chi connectivity index (χ3n) is 5.00. The van der Waals surface area contributed by atoms with Crippen LogP contribution < -0.4 is 15.5 Å². The van der Waals surface area contributed by atoms with Crippen LogP contribution in [0.2, 0.25) is 0 Å². The summed E-state index contributed by atoms with van der Waals surface area (Å²) in [5, 5.41) is 8.94. The van der Waals surface area contributed by atoms with E-state index in [2.05, 4.69) is 0 Å². The van der Waals surface area contributed by atoms with Crippen molar-refractivity contribution in [3.63, 3.8) is 0 Å². The molecule has 30 heavy (non-hydrogen) atoms. The van der Waals surface area contributed by atoms with E-state index in [1.54, 1.807) is 13.8 Å². The van der Waals surface area contributed by atoms with Gasteiger partial charge in [-0.25, -0.2) is 4.39 Å². The van der Waals surface area contributed by atoms with Crippen molar-refractivity contribution in [2.75, 3.05) is 16.5 Å². The van der Waals surface area contributed by atoms with E-state index in [-0.39, 0.29) is 23.6 Å². The predicted octanol–water partition coefficient (Wildman–Crippen LogP) is 3.40. The van der Waals surface area contributed by atoms with Crippen LogP contribution in [0.1, 0.15) is 35.3 Å². The van der Waals surface area contributed by atoms with Crippen molar-refractivity contribution >= 4 is 23.2 Å². The van der Waals surface area contributed by atoms with Gasteiger partial charge in [-0.3, -0.25) is 14.5 Å². The van der Waals surface area contributed by atoms with Gasteiger partial charge in [0.05, 0.1) is 29.4 Å². The molecule has 1 heterocycles. The molecule has 10 heteroatoms. The lowest BCUT2D eigenvalue weighted by Crippen LogP contribution is -2.43. The minimum absolute atomic E-state index is 0.0453. The highest BCUT2D eigenvalue weighted by Crippen LogP contribution is 2.38. The highest BCUT2D eigenvalue weighted by atomic mass is 19.4. The van der Waals surface area contributed by atoms with Gasteiger partial charge >= 0.3 is 6.18 Å². The molecule has 6 nitrogen and oxygen atoms in total. The summed E-state index contributed by atoms with van der Waals surface area (Å²) >= 11 is 0. The van der Waals surface area contributed by atoms with Crippen LogP contribution in [0.5, 0.6) is 0 Å². The number of anilines is 2. The largest absolute Gasteiger partial charge is 0.417 e. The van der Waals surface area contributed by atoms with Crippen molar-refractivity contribution in [2.24, 2.45) is 5.73 Å². The van der Waals surface area contributed by atoms with Crippen molar-refractivity contribution in [3.05, 3.63) is 58.9 Å². The van der Waals surface area contributed by atoms with Crippen LogP contribution in [-0.2, 0) is 11.0 Å². The number of nitrogens with zero attached hydrogens (tertiary/aromatic N) is 3. The van der Waals surface area contributed by atoms with Crippen LogP contribution in [0.25, 0.3) is 0 Å². The molecule has 1 fully saturated rings. The van der Waals surface area contributed by atoms with Crippen LogP contribution >= 0.6 is 0 Å². The van der Waals surface area contributed by atoms with Crippen LogP contribution in [0, 0.1) is 17.1 Å². The Balaban J connectivity index is 2.03. The normalized spacial score (nSPS) is 16.0. The van der Waals surface area contributed by atoms with Crippen molar-refractivity contribution < 1.29 is 27.2 Å². The number of nitrogens with two attached hydrogens (primary N) is 1. The molecule has 2 aromatic carbocycles. The van der Waals surface area contributed by atoms with E-state index in [0.717, 1.165) is 23.1 Å². The van der Waals surface area contributed by atoms with E-state index in [1.165, 1.54) is 29.2 Å². The number of hydrogen-bond donors (Lipinski definition) is 1. The molecule has 0 aliphatic carbocycles. The van der Waals surface area contributed by atoms with Crippen molar-refractivity contribution in [1.82, 2.24) is 0 Å². The maximum atomic E-state index is 14.2. The van der Waals surface area contributed by atoms with Gasteiger partial charge in [0.25, 0.3) is 11.8 Å². The minimum atomic E-state index is -4.77. The molecule has 0 aromatic heterocycles. The maximum Gasteiger partial charge on any atom is 0.417 e. The zero-order valence-electron chi connectivity index (χ0n) is 15.9. The molecule has 1 aliphatic rings. The summed E-state index contributed by atoms with van der Waals surface area (Å²) in [5.74, 6) is -2.34. The first kappa shape index (κ1) is 21.1. The minimum Gasteiger partial charge on any atom is -0.366 e. The number of carbonyl (C=O) groups excluding carboxylic acids is 2.